The zero-order valence-electron chi connectivity index (χ0n) is 9.27. The first kappa shape index (κ1) is 13.8. The van der Waals surface area contributed by atoms with Crippen molar-refractivity contribution in [2.75, 3.05) is 26.6 Å². The quantitative estimate of drug-likeness (QED) is 0.820. The lowest BCUT2D eigenvalue weighted by atomic mass is 10.3. The molecule has 1 rings (SSSR count). The molecule has 0 saturated heterocycles. The molecule has 1 N–H and O–H groups in total. The molecule has 0 aliphatic carbocycles. The number of methoxy groups -OCH3 is 1. The molecule has 0 spiro atoms. The lowest BCUT2D eigenvalue weighted by Crippen LogP contribution is -2.22. The number of hydrogen-bond acceptors (Lipinski definition) is 4. The fraction of sp³-hybridized carbons (Fsp3) is 0.455. The van der Waals surface area contributed by atoms with Gasteiger partial charge in [-0.05, 0) is 40.4 Å². The van der Waals surface area contributed by atoms with Gasteiger partial charge < -0.3 is 14.6 Å². The molecule has 0 amide bonds. The molecule has 1 aromatic carbocycles. The number of benzene rings is 1. The molecular weight excluding hydrogens is 292 g/mol. The van der Waals surface area contributed by atoms with E-state index in [2.05, 4.69) is 15.9 Å². The second kappa shape index (κ2) is 7.17. The number of hydrogen-bond donors (Lipinski definition) is 1. The van der Waals surface area contributed by atoms with Crippen LogP contribution in [0.4, 0.5) is 0 Å². The Kier molecular flexibility index (Phi) is 6.20. The van der Waals surface area contributed by atoms with Crippen LogP contribution in [0.2, 0.25) is 0 Å². The molecule has 0 bridgehead atoms. The van der Waals surface area contributed by atoms with Crippen LogP contribution in [0.5, 0.6) is 5.75 Å². The van der Waals surface area contributed by atoms with Crippen LogP contribution in [0.25, 0.3) is 0 Å². The molecule has 0 aliphatic rings. The Morgan fingerprint density at radius 1 is 1.44 bits per heavy atom. The van der Waals surface area contributed by atoms with Gasteiger partial charge >= 0.3 is 0 Å². The Hall–Kier alpha value is -0.230. The SMILES string of the molecule is COC[C@@H](O)COc1cc(SC)ccc1Br. The standard InChI is InChI=1S/C11H15BrO3S/c1-14-6-8(13)7-15-11-5-9(16-2)3-4-10(11)12/h3-5,8,13H,6-7H2,1-2H3/t8-/m1/s1. The molecule has 0 aromatic heterocycles. The van der Waals surface area contributed by atoms with Crippen molar-refractivity contribution >= 4 is 27.7 Å². The van der Waals surface area contributed by atoms with Crippen molar-refractivity contribution in [3.05, 3.63) is 22.7 Å². The third kappa shape index (κ3) is 4.33. The molecule has 1 atom stereocenters. The summed E-state index contributed by atoms with van der Waals surface area (Å²) in [4.78, 5) is 1.12. The summed E-state index contributed by atoms with van der Waals surface area (Å²) in [6, 6.07) is 5.88. The van der Waals surface area contributed by atoms with Gasteiger partial charge in [-0.1, -0.05) is 0 Å². The van der Waals surface area contributed by atoms with Crippen molar-refractivity contribution in [3.63, 3.8) is 0 Å². The Morgan fingerprint density at radius 2 is 2.19 bits per heavy atom. The predicted octanol–water partition coefficient (Wildman–Crippen LogP) is 2.56. The molecule has 16 heavy (non-hydrogen) atoms. The molecule has 0 aliphatic heterocycles. The van der Waals surface area contributed by atoms with Crippen molar-refractivity contribution in [2.45, 2.75) is 11.0 Å². The van der Waals surface area contributed by atoms with E-state index in [0.717, 1.165) is 15.1 Å². The number of ether oxygens (including phenoxy) is 2. The van der Waals surface area contributed by atoms with Crippen molar-refractivity contribution in [3.8, 4) is 5.75 Å². The van der Waals surface area contributed by atoms with E-state index in [9.17, 15) is 5.11 Å². The number of aliphatic hydroxyl groups excluding tert-OH is 1. The predicted molar refractivity (Wildman–Crippen MR) is 69.3 cm³/mol. The number of halogens is 1. The molecule has 0 radical (unpaired) electrons. The monoisotopic (exact) mass is 306 g/mol. The van der Waals surface area contributed by atoms with Crippen LogP contribution in [-0.2, 0) is 4.74 Å². The zero-order chi connectivity index (χ0) is 12.0. The molecule has 5 heteroatoms. The van der Waals surface area contributed by atoms with E-state index in [0.29, 0.717) is 0 Å². The number of aliphatic hydroxyl groups is 1. The van der Waals surface area contributed by atoms with Gasteiger partial charge in [-0.3, -0.25) is 0 Å². The summed E-state index contributed by atoms with van der Waals surface area (Å²) in [6.07, 6.45) is 1.40. The van der Waals surface area contributed by atoms with E-state index in [1.54, 1.807) is 18.9 Å². The minimum atomic E-state index is -0.602. The third-order valence-electron chi connectivity index (χ3n) is 1.93. The van der Waals surface area contributed by atoms with E-state index in [1.807, 2.05) is 24.5 Å². The second-order valence-electron chi connectivity index (χ2n) is 3.22. The molecule has 0 fully saturated rings. The highest BCUT2D eigenvalue weighted by Crippen LogP contribution is 2.29. The van der Waals surface area contributed by atoms with Crippen LogP contribution >= 0.6 is 27.7 Å². The normalized spacial score (nSPS) is 12.5. The Labute approximate surface area is 108 Å². The number of thioether (sulfide) groups is 1. The van der Waals surface area contributed by atoms with Crippen LogP contribution in [-0.4, -0.2) is 37.8 Å². The fourth-order valence-electron chi connectivity index (χ4n) is 1.15. The lowest BCUT2D eigenvalue weighted by molar-refractivity contribution is 0.0323. The first-order valence-electron chi connectivity index (χ1n) is 4.80. The minimum absolute atomic E-state index is 0.226. The van der Waals surface area contributed by atoms with Gasteiger partial charge in [0.25, 0.3) is 0 Å². The highest BCUT2D eigenvalue weighted by molar-refractivity contribution is 9.10. The smallest absolute Gasteiger partial charge is 0.134 e. The molecule has 0 unspecified atom stereocenters. The Morgan fingerprint density at radius 3 is 2.81 bits per heavy atom. The summed E-state index contributed by atoms with van der Waals surface area (Å²) in [5.41, 5.74) is 0. The van der Waals surface area contributed by atoms with Crippen molar-refractivity contribution < 1.29 is 14.6 Å². The van der Waals surface area contributed by atoms with E-state index in [-0.39, 0.29) is 13.2 Å². The molecule has 3 nitrogen and oxygen atoms in total. The van der Waals surface area contributed by atoms with Crippen LogP contribution in [0.1, 0.15) is 0 Å². The van der Waals surface area contributed by atoms with Crippen LogP contribution in [0.3, 0.4) is 0 Å². The summed E-state index contributed by atoms with van der Waals surface area (Å²) in [7, 11) is 1.55. The molecule has 1 aromatic rings. The maximum Gasteiger partial charge on any atom is 0.134 e. The van der Waals surface area contributed by atoms with Crippen LogP contribution in [0, 0.1) is 0 Å². The van der Waals surface area contributed by atoms with Gasteiger partial charge in [0.15, 0.2) is 0 Å². The minimum Gasteiger partial charge on any atom is -0.490 e. The van der Waals surface area contributed by atoms with Crippen LogP contribution < -0.4 is 4.74 Å². The van der Waals surface area contributed by atoms with E-state index in [1.165, 1.54) is 0 Å². The van der Waals surface area contributed by atoms with Crippen molar-refractivity contribution in [2.24, 2.45) is 0 Å². The molecular formula is C11H15BrO3S. The average Bonchev–Trinajstić information content (AvgIpc) is 2.28. The summed E-state index contributed by atoms with van der Waals surface area (Å²) >= 11 is 5.05. The second-order valence-corrected chi connectivity index (χ2v) is 4.95. The highest BCUT2D eigenvalue weighted by Gasteiger charge is 2.07. The zero-order valence-corrected chi connectivity index (χ0v) is 11.7. The van der Waals surface area contributed by atoms with Gasteiger partial charge in [-0.25, -0.2) is 0 Å². The maximum absolute atomic E-state index is 9.46. The van der Waals surface area contributed by atoms with Gasteiger partial charge in [-0.2, -0.15) is 0 Å². The van der Waals surface area contributed by atoms with Gasteiger partial charge in [0.1, 0.15) is 18.5 Å². The Balaban J connectivity index is 2.58. The summed E-state index contributed by atoms with van der Waals surface area (Å²) in [5.74, 6) is 0.738. The first-order chi connectivity index (χ1) is 7.67. The average molecular weight is 307 g/mol. The number of rotatable bonds is 6. The van der Waals surface area contributed by atoms with E-state index in [4.69, 9.17) is 9.47 Å². The third-order valence-corrected chi connectivity index (χ3v) is 3.31. The van der Waals surface area contributed by atoms with Gasteiger partial charge in [0, 0.05) is 12.0 Å². The van der Waals surface area contributed by atoms with Gasteiger partial charge in [0.2, 0.25) is 0 Å². The topological polar surface area (TPSA) is 38.7 Å². The van der Waals surface area contributed by atoms with Crippen LogP contribution in [0.15, 0.2) is 27.6 Å². The lowest BCUT2D eigenvalue weighted by Gasteiger charge is -2.13. The van der Waals surface area contributed by atoms with Gasteiger partial charge in [-0.15, -0.1) is 11.8 Å². The van der Waals surface area contributed by atoms with Crippen molar-refractivity contribution in [1.82, 2.24) is 0 Å². The maximum atomic E-state index is 9.46. The summed E-state index contributed by atoms with van der Waals surface area (Å²) in [5, 5.41) is 9.46. The van der Waals surface area contributed by atoms with Crippen molar-refractivity contribution in [1.29, 1.82) is 0 Å². The Bertz CT molecular complexity index is 333. The summed E-state index contributed by atoms with van der Waals surface area (Å²) < 4.78 is 11.2. The fourth-order valence-corrected chi connectivity index (χ4v) is 1.94. The molecule has 0 saturated carbocycles. The van der Waals surface area contributed by atoms with E-state index >= 15 is 0 Å². The van der Waals surface area contributed by atoms with Gasteiger partial charge in [0.05, 0.1) is 11.1 Å². The van der Waals surface area contributed by atoms with E-state index < -0.39 is 6.10 Å². The molecule has 90 valence electrons. The molecule has 0 heterocycles. The highest BCUT2D eigenvalue weighted by atomic mass is 79.9. The first-order valence-corrected chi connectivity index (χ1v) is 6.82. The summed E-state index contributed by atoms with van der Waals surface area (Å²) in [6.45, 7) is 0.504. The largest absolute Gasteiger partial charge is 0.490 e.